The third-order valence-corrected chi connectivity index (χ3v) is 1.70. The number of guanidine groups is 1. The van der Waals surface area contributed by atoms with E-state index in [0.29, 0.717) is 5.56 Å². The van der Waals surface area contributed by atoms with E-state index in [2.05, 4.69) is 4.99 Å². The molecule has 0 spiro atoms. The van der Waals surface area contributed by atoms with Crippen molar-refractivity contribution < 1.29 is 10.2 Å². The molecule has 1 aromatic carbocycles. The van der Waals surface area contributed by atoms with Crippen molar-refractivity contribution in [1.82, 2.24) is 0 Å². The lowest BCUT2D eigenvalue weighted by atomic mass is 10.1. The van der Waals surface area contributed by atoms with E-state index in [4.69, 9.17) is 16.6 Å². The first-order chi connectivity index (χ1) is 6.59. The fourth-order valence-corrected chi connectivity index (χ4v) is 1.03. The molecule has 1 rings (SSSR count). The molecule has 5 heteroatoms. The van der Waals surface area contributed by atoms with Gasteiger partial charge in [0.15, 0.2) is 5.96 Å². The zero-order valence-corrected chi connectivity index (χ0v) is 7.59. The van der Waals surface area contributed by atoms with Gasteiger partial charge in [0.25, 0.3) is 0 Å². The second-order valence-corrected chi connectivity index (χ2v) is 2.88. The highest BCUT2D eigenvalue weighted by Crippen LogP contribution is 2.17. The van der Waals surface area contributed by atoms with Crippen LogP contribution in [-0.4, -0.2) is 22.7 Å². The summed E-state index contributed by atoms with van der Waals surface area (Å²) in [5.41, 5.74) is 10.8. The maximum atomic E-state index is 9.56. The number of phenols is 1. The number of phenolic OH excluding ortho intramolecular Hbond substituents is 1. The molecule has 0 amide bonds. The smallest absolute Gasteiger partial charge is 0.186 e. The summed E-state index contributed by atoms with van der Waals surface area (Å²) in [4.78, 5) is 3.67. The van der Waals surface area contributed by atoms with Crippen LogP contribution in [0.4, 0.5) is 0 Å². The average Bonchev–Trinajstić information content (AvgIpc) is 2.14. The Bertz CT molecular complexity index is 335. The fraction of sp³-hybridized carbons (Fsp3) is 0.222. The predicted octanol–water partition coefficient (Wildman–Crippen LogP) is -0.301. The Morgan fingerprint density at radius 1 is 1.43 bits per heavy atom. The Labute approximate surface area is 81.7 Å². The first-order valence-electron chi connectivity index (χ1n) is 4.12. The minimum absolute atomic E-state index is 0.0656. The molecule has 0 saturated heterocycles. The van der Waals surface area contributed by atoms with E-state index in [1.807, 2.05) is 0 Å². The zero-order chi connectivity index (χ0) is 10.6. The Morgan fingerprint density at radius 2 is 2.14 bits per heavy atom. The molecule has 76 valence electrons. The highest BCUT2D eigenvalue weighted by Gasteiger charge is 2.06. The third-order valence-electron chi connectivity index (χ3n) is 1.70. The summed E-state index contributed by atoms with van der Waals surface area (Å²) >= 11 is 0. The van der Waals surface area contributed by atoms with Crippen molar-refractivity contribution in [1.29, 1.82) is 0 Å². The second-order valence-electron chi connectivity index (χ2n) is 2.88. The van der Waals surface area contributed by atoms with Gasteiger partial charge in [-0.15, -0.1) is 0 Å². The van der Waals surface area contributed by atoms with E-state index in [0.717, 1.165) is 0 Å². The number of nitrogens with zero attached hydrogens (tertiary/aromatic N) is 1. The van der Waals surface area contributed by atoms with Crippen molar-refractivity contribution in [3.8, 4) is 5.75 Å². The van der Waals surface area contributed by atoms with E-state index >= 15 is 0 Å². The molecule has 1 aromatic rings. The largest absolute Gasteiger partial charge is 0.508 e. The van der Waals surface area contributed by atoms with E-state index in [-0.39, 0.29) is 18.3 Å². The van der Waals surface area contributed by atoms with E-state index in [9.17, 15) is 5.11 Å². The number of aliphatic hydroxyl groups excluding tert-OH is 1. The van der Waals surface area contributed by atoms with Crippen LogP contribution < -0.4 is 11.5 Å². The maximum Gasteiger partial charge on any atom is 0.186 e. The van der Waals surface area contributed by atoms with E-state index in [1.165, 1.54) is 12.1 Å². The molecule has 0 aliphatic rings. The number of aliphatic imine (C=N–C) groups is 1. The fourth-order valence-electron chi connectivity index (χ4n) is 1.03. The van der Waals surface area contributed by atoms with Crippen molar-refractivity contribution in [2.75, 3.05) is 6.54 Å². The van der Waals surface area contributed by atoms with Crippen molar-refractivity contribution in [3.05, 3.63) is 29.8 Å². The van der Waals surface area contributed by atoms with Gasteiger partial charge in [0.05, 0.1) is 12.6 Å². The van der Waals surface area contributed by atoms with Crippen molar-refractivity contribution in [2.45, 2.75) is 6.10 Å². The summed E-state index contributed by atoms with van der Waals surface area (Å²) in [5.74, 6) is 0.0375. The van der Waals surface area contributed by atoms with Crippen LogP contribution in [0.5, 0.6) is 5.75 Å². The number of aromatic hydroxyl groups is 1. The molecule has 0 fully saturated rings. The first kappa shape index (κ1) is 10.3. The van der Waals surface area contributed by atoms with Crippen LogP contribution in [0.25, 0.3) is 0 Å². The molecule has 14 heavy (non-hydrogen) atoms. The van der Waals surface area contributed by atoms with Gasteiger partial charge >= 0.3 is 0 Å². The number of nitrogens with two attached hydrogens (primary N) is 2. The quantitative estimate of drug-likeness (QED) is 0.391. The van der Waals surface area contributed by atoms with E-state index in [1.54, 1.807) is 12.1 Å². The average molecular weight is 194 g/mol. The summed E-state index contributed by atoms with van der Waals surface area (Å²) < 4.78 is 0. The van der Waals surface area contributed by atoms with Gasteiger partial charge in [-0.1, -0.05) is 12.1 Å². The van der Waals surface area contributed by atoms with Crippen LogP contribution in [0.1, 0.15) is 11.7 Å². The first-order valence-corrected chi connectivity index (χ1v) is 4.12. The summed E-state index contributed by atoms with van der Waals surface area (Å²) in [6, 6.07) is 6.32. The van der Waals surface area contributed by atoms with Crippen LogP contribution in [0.15, 0.2) is 29.3 Å². The van der Waals surface area contributed by atoms with Crippen LogP contribution in [0.2, 0.25) is 0 Å². The monoisotopic (exact) mass is 194 g/mol. The van der Waals surface area contributed by atoms with Crippen molar-refractivity contribution in [2.24, 2.45) is 16.5 Å². The van der Waals surface area contributed by atoms with Gasteiger partial charge in [-0.05, 0) is 17.7 Å². The lowest BCUT2D eigenvalue weighted by molar-refractivity contribution is 0.187. The van der Waals surface area contributed by atoms with Gasteiger partial charge in [0.1, 0.15) is 5.75 Å². The second kappa shape index (κ2) is 4.48. The molecule has 0 radical (unpaired) electrons. The van der Waals surface area contributed by atoms with Crippen molar-refractivity contribution in [3.63, 3.8) is 0 Å². The molecular formula is C9H13N3O2. The summed E-state index contributed by atoms with van der Waals surface area (Å²) in [5, 5.41) is 18.7. The summed E-state index contributed by atoms with van der Waals surface area (Å²) in [6.45, 7) is 0.0891. The molecule has 1 unspecified atom stereocenters. The summed E-state index contributed by atoms with van der Waals surface area (Å²) in [7, 11) is 0. The molecule has 0 aliphatic heterocycles. The highest BCUT2D eigenvalue weighted by molar-refractivity contribution is 5.75. The number of hydrogen-bond acceptors (Lipinski definition) is 3. The molecular weight excluding hydrogens is 181 g/mol. The highest BCUT2D eigenvalue weighted by atomic mass is 16.3. The van der Waals surface area contributed by atoms with Crippen LogP contribution >= 0.6 is 0 Å². The predicted molar refractivity (Wildman–Crippen MR) is 53.7 cm³/mol. The molecule has 1 atom stereocenters. The molecule has 6 N–H and O–H groups in total. The van der Waals surface area contributed by atoms with Gasteiger partial charge in [-0.3, -0.25) is 4.99 Å². The molecule has 0 heterocycles. The maximum absolute atomic E-state index is 9.56. The lowest BCUT2D eigenvalue weighted by Gasteiger charge is -2.08. The minimum atomic E-state index is -0.802. The van der Waals surface area contributed by atoms with Gasteiger partial charge < -0.3 is 21.7 Å². The van der Waals surface area contributed by atoms with Crippen LogP contribution in [0.3, 0.4) is 0 Å². The topological polar surface area (TPSA) is 105 Å². The molecule has 0 aromatic heterocycles. The third kappa shape index (κ3) is 2.95. The zero-order valence-electron chi connectivity index (χ0n) is 7.59. The number of benzene rings is 1. The molecule has 0 aliphatic carbocycles. The Kier molecular flexibility index (Phi) is 3.30. The van der Waals surface area contributed by atoms with E-state index < -0.39 is 6.10 Å². The normalized spacial score (nSPS) is 12.1. The molecule has 0 saturated carbocycles. The number of rotatable bonds is 3. The number of hydrogen-bond donors (Lipinski definition) is 4. The molecule has 5 nitrogen and oxygen atoms in total. The SMILES string of the molecule is N[11C](N)=NCC(O)c1cccc(O)c1. The van der Waals surface area contributed by atoms with Crippen LogP contribution in [0, 0.1) is 0 Å². The van der Waals surface area contributed by atoms with Crippen molar-refractivity contribution >= 4 is 5.96 Å². The Hall–Kier alpha value is -1.75. The van der Waals surface area contributed by atoms with Gasteiger partial charge in [-0.25, -0.2) is 0 Å². The lowest BCUT2D eigenvalue weighted by Crippen LogP contribution is -2.23. The Balaban J connectivity index is 2.69. The van der Waals surface area contributed by atoms with Crippen LogP contribution in [-0.2, 0) is 0 Å². The van der Waals surface area contributed by atoms with Gasteiger partial charge in [0.2, 0.25) is 0 Å². The standard InChI is InChI=1S/C9H13N3O2/c10-9(11)12-5-8(14)6-2-1-3-7(13)4-6/h1-4,8,13-14H,5H2,(H4,10,11,12)/i9-1. The Morgan fingerprint density at radius 3 is 2.71 bits per heavy atom. The minimum Gasteiger partial charge on any atom is -0.508 e. The number of aliphatic hydroxyl groups is 1. The molecule has 0 bridgehead atoms. The summed E-state index contributed by atoms with van der Waals surface area (Å²) in [6.07, 6.45) is -0.802. The van der Waals surface area contributed by atoms with Gasteiger partial charge in [-0.2, -0.15) is 0 Å². The van der Waals surface area contributed by atoms with Gasteiger partial charge in [0, 0.05) is 0 Å².